The molecule has 0 bridgehead atoms. The fourth-order valence-electron chi connectivity index (χ4n) is 6.38. The van der Waals surface area contributed by atoms with Crippen LogP contribution in [0.25, 0.3) is 0 Å². The van der Waals surface area contributed by atoms with Crippen molar-refractivity contribution in [3.8, 4) is 0 Å². The van der Waals surface area contributed by atoms with E-state index in [1.165, 1.54) is 44.1 Å². The molecule has 0 saturated heterocycles. The molecule has 2 nitrogen and oxygen atoms in total. The molecule has 1 aromatic rings. The Hall–Kier alpha value is -1.57. The Labute approximate surface area is 150 Å². The molecule has 5 rings (SSSR count). The van der Waals surface area contributed by atoms with Crippen LogP contribution in [0.2, 0.25) is 0 Å². The Morgan fingerprint density at radius 1 is 1.24 bits per heavy atom. The number of ether oxygens (including phenoxy) is 1. The standard InChI is InChI=1S/C23H28O2/c1-2-25-22(24)10-4-15-3-7-18-16(13-15)5-8-20-19(18)11-12-23-14-17(23)6-9-21(20)23/h3,7,13-14,19-21H,2,4-6,8-12H2,1H3. The molecule has 2 saturated carbocycles. The van der Waals surface area contributed by atoms with E-state index in [0.717, 1.165) is 24.2 Å². The molecule has 4 atom stereocenters. The van der Waals surface area contributed by atoms with Gasteiger partial charge in [0, 0.05) is 11.8 Å². The highest BCUT2D eigenvalue weighted by Gasteiger charge is 2.60. The zero-order chi connectivity index (χ0) is 17.0. The number of benzene rings is 1. The summed E-state index contributed by atoms with van der Waals surface area (Å²) < 4.78 is 5.06. The maximum Gasteiger partial charge on any atom is 0.306 e. The molecule has 0 aliphatic heterocycles. The van der Waals surface area contributed by atoms with Gasteiger partial charge in [-0.25, -0.2) is 0 Å². The molecule has 0 radical (unpaired) electrons. The maximum absolute atomic E-state index is 11.6. The summed E-state index contributed by atoms with van der Waals surface area (Å²) in [6.07, 6.45) is 12.1. The van der Waals surface area contributed by atoms with Gasteiger partial charge < -0.3 is 4.74 Å². The van der Waals surface area contributed by atoms with Gasteiger partial charge in [-0.05, 0) is 86.3 Å². The van der Waals surface area contributed by atoms with Crippen molar-refractivity contribution in [2.24, 2.45) is 17.3 Å². The van der Waals surface area contributed by atoms with E-state index in [4.69, 9.17) is 4.74 Å². The summed E-state index contributed by atoms with van der Waals surface area (Å²) in [5.74, 6) is 2.56. The minimum Gasteiger partial charge on any atom is -0.466 e. The highest BCUT2D eigenvalue weighted by Crippen LogP contribution is 2.70. The molecule has 132 valence electrons. The number of esters is 1. The Bertz CT molecular complexity index is 746. The van der Waals surface area contributed by atoms with E-state index in [1.54, 1.807) is 16.7 Å². The van der Waals surface area contributed by atoms with Crippen LogP contribution in [0.5, 0.6) is 0 Å². The van der Waals surface area contributed by atoms with E-state index in [-0.39, 0.29) is 5.97 Å². The van der Waals surface area contributed by atoms with Gasteiger partial charge in [-0.15, -0.1) is 0 Å². The third kappa shape index (κ3) is 2.40. The molecule has 2 fully saturated rings. The molecular formula is C23H28O2. The van der Waals surface area contributed by atoms with Crippen LogP contribution < -0.4 is 0 Å². The lowest BCUT2D eigenvalue weighted by Gasteiger charge is -2.46. The number of hydrogen-bond donors (Lipinski definition) is 0. The number of rotatable bonds is 4. The van der Waals surface area contributed by atoms with Crippen LogP contribution >= 0.6 is 0 Å². The molecule has 0 amide bonds. The highest BCUT2D eigenvalue weighted by molar-refractivity contribution is 5.69. The molecule has 4 unspecified atom stereocenters. The average molecular weight is 336 g/mol. The van der Waals surface area contributed by atoms with E-state index in [0.29, 0.717) is 18.4 Å². The van der Waals surface area contributed by atoms with Crippen LogP contribution in [-0.2, 0) is 22.4 Å². The Morgan fingerprint density at radius 2 is 2.16 bits per heavy atom. The third-order valence-corrected chi connectivity index (χ3v) is 7.51. The largest absolute Gasteiger partial charge is 0.466 e. The number of fused-ring (bicyclic) bond motifs is 4. The molecule has 4 aliphatic rings. The van der Waals surface area contributed by atoms with E-state index >= 15 is 0 Å². The number of hydrogen-bond acceptors (Lipinski definition) is 2. The van der Waals surface area contributed by atoms with Gasteiger partial charge in [0.15, 0.2) is 0 Å². The van der Waals surface area contributed by atoms with Gasteiger partial charge in [0.25, 0.3) is 0 Å². The Kier molecular flexibility index (Phi) is 3.59. The van der Waals surface area contributed by atoms with Crippen molar-refractivity contribution in [2.45, 2.75) is 64.2 Å². The molecule has 0 N–H and O–H groups in total. The van der Waals surface area contributed by atoms with Crippen LogP contribution in [0.4, 0.5) is 0 Å². The van der Waals surface area contributed by atoms with Crippen molar-refractivity contribution in [1.82, 2.24) is 0 Å². The molecule has 0 aromatic heterocycles. The summed E-state index contributed by atoms with van der Waals surface area (Å²) in [5, 5.41) is 0. The quantitative estimate of drug-likeness (QED) is 0.574. The van der Waals surface area contributed by atoms with Crippen molar-refractivity contribution in [2.75, 3.05) is 6.61 Å². The first-order valence-corrected chi connectivity index (χ1v) is 10.2. The first-order valence-electron chi connectivity index (χ1n) is 10.2. The van der Waals surface area contributed by atoms with Gasteiger partial charge in [0.2, 0.25) is 0 Å². The molecule has 25 heavy (non-hydrogen) atoms. The molecule has 0 heterocycles. The second kappa shape index (κ2) is 5.72. The molecule has 1 spiro atoms. The van der Waals surface area contributed by atoms with Gasteiger partial charge in [0.05, 0.1) is 6.61 Å². The second-order valence-corrected chi connectivity index (χ2v) is 8.54. The lowest BCUT2D eigenvalue weighted by atomic mass is 9.58. The van der Waals surface area contributed by atoms with Crippen LogP contribution in [0.15, 0.2) is 29.8 Å². The fraction of sp³-hybridized carbons (Fsp3) is 0.609. The SMILES string of the molecule is CCOC(=O)CCc1ccc2c(c1)CCC1C2CCC23C=C2CCC13. The second-order valence-electron chi connectivity index (χ2n) is 8.54. The number of carbonyl (C=O) groups excluding carboxylic acids is 1. The predicted molar refractivity (Wildman–Crippen MR) is 98.4 cm³/mol. The number of carbonyl (C=O) groups is 1. The summed E-state index contributed by atoms with van der Waals surface area (Å²) in [4.78, 5) is 11.6. The van der Waals surface area contributed by atoms with Crippen LogP contribution in [0.3, 0.4) is 0 Å². The summed E-state index contributed by atoms with van der Waals surface area (Å²) in [6, 6.07) is 7.03. The minimum atomic E-state index is -0.0770. The van der Waals surface area contributed by atoms with Crippen molar-refractivity contribution >= 4 is 5.97 Å². The van der Waals surface area contributed by atoms with Gasteiger partial charge in [-0.3, -0.25) is 4.79 Å². The van der Waals surface area contributed by atoms with Crippen molar-refractivity contribution in [3.05, 3.63) is 46.5 Å². The smallest absolute Gasteiger partial charge is 0.306 e. The normalized spacial score (nSPS) is 34.3. The fourth-order valence-corrected chi connectivity index (χ4v) is 6.38. The third-order valence-electron chi connectivity index (χ3n) is 7.51. The van der Waals surface area contributed by atoms with E-state index in [1.807, 2.05) is 6.92 Å². The average Bonchev–Trinajstić information content (AvgIpc) is 3.20. The van der Waals surface area contributed by atoms with E-state index < -0.39 is 0 Å². The first kappa shape index (κ1) is 15.7. The van der Waals surface area contributed by atoms with Crippen molar-refractivity contribution in [1.29, 1.82) is 0 Å². The maximum atomic E-state index is 11.6. The summed E-state index contributed by atoms with van der Waals surface area (Å²) in [7, 11) is 0. The van der Waals surface area contributed by atoms with Crippen LogP contribution in [-0.4, -0.2) is 12.6 Å². The van der Waals surface area contributed by atoms with Crippen LogP contribution in [0.1, 0.15) is 68.1 Å². The predicted octanol–water partition coefficient (Wildman–Crippen LogP) is 4.96. The molecular weight excluding hydrogens is 308 g/mol. The van der Waals surface area contributed by atoms with E-state index in [9.17, 15) is 4.79 Å². The van der Waals surface area contributed by atoms with E-state index in [2.05, 4.69) is 24.3 Å². The summed E-state index contributed by atoms with van der Waals surface area (Å²) in [6.45, 7) is 2.34. The summed E-state index contributed by atoms with van der Waals surface area (Å²) >= 11 is 0. The molecule has 4 aliphatic carbocycles. The van der Waals surface area contributed by atoms with Gasteiger partial charge in [-0.2, -0.15) is 0 Å². The number of aryl methyl sites for hydroxylation is 2. The summed E-state index contributed by atoms with van der Waals surface area (Å²) in [5.41, 5.74) is 6.87. The first-order chi connectivity index (χ1) is 12.2. The van der Waals surface area contributed by atoms with Crippen molar-refractivity contribution < 1.29 is 9.53 Å². The molecule has 1 aromatic carbocycles. The topological polar surface area (TPSA) is 26.3 Å². The van der Waals surface area contributed by atoms with Crippen molar-refractivity contribution in [3.63, 3.8) is 0 Å². The minimum absolute atomic E-state index is 0.0770. The highest BCUT2D eigenvalue weighted by atomic mass is 16.5. The van der Waals surface area contributed by atoms with Gasteiger partial charge >= 0.3 is 5.97 Å². The van der Waals surface area contributed by atoms with Gasteiger partial charge in [0.1, 0.15) is 0 Å². The number of allylic oxidation sites excluding steroid dienone is 2. The Balaban J connectivity index is 1.32. The lowest BCUT2D eigenvalue weighted by Crippen LogP contribution is -2.36. The molecule has 2 heteroatoms. The zero-order valence-electron chi connectivity index (χ0n) is 15.2. The van der Waals surface area contributed by atoms with Crippen LogP contribution in [0, 0.1) is 17.3 Å². The lowest BCUT2D eigenvalue weighted by molar-refractivity contribution is -0.143. The van der Waals surface area contributed by atoms with Gasteiger partial charge in [-0.1, -0.05) is 29.8 Å². The monoisotopic (exact) mass is 336 g/mol. The Morgan fingerprint density at radius 3 is 3.00 bits per heavy atom. The zero-order valence-corrected chi connectivity index (χ0v) is 15.2.